The lowest BCUT2D eigenvalue weighted by Gasteiger charge is -2.36. The molecule has 0 radical (unpaired) electrons. The zero-order valence-electron chi connectivity index (χ0n) is 18.4. The molecule has 1 N–H and O–H groups in total. The number of para-hydroxylation sites is 1. The molecule has 1 aromatic carbocycles. The minimum absolute atomic E-state index is 0.00835. The molecule has 1 aliphatic carbocycles. The Hall–Kier alpha value is -2.80. The molecule has 1 aliphatic heterocycles. The summed E-state index contributed by atoms with van der Waals surface area (Å²) in [6.07, 6.45) is 4.52. The van der Waals surface area contributed by atoms with Gasteiger partial charge in [-0.15, -0.1) is 0 Å². The summed E-state index contributed by atoms with van der Waals surface area (Å²) in [5.41, 5.74) is 3.22. The highest BCUT2D eigenvalue weighted by Gasteiger charge is 2.31. The molecule has 8 heteroatoms. The fourth-order valence-electron chi connectivity index (χ4n) is 4.60. The Labute approximate surface area is 192 Å². The van der Waals surface area contributed by atoms with Gasteiger partial charge in [-0.25, -0.2) is 4.39 Å². The summed E-state index contributed by atoms with van der Waals surface area (Å²) in [7, 11) is 0. The first-order valence-corrected chi connectivity index (χ1v) is 11.3. The van der Waals surface area contributed by atoms with Crippen LogP contribution in [0.3, 0.4) is 0 Å². The summed E-state index contributed by atoms with van der Waals surface area (Å²) >= 11 is 6.37. The predicted octanol–water partition coefficient (Wildman–Crippen LogP) is 3.81. The zero-order valence-corrected chi connectivity index (χ0v) is 19.2. The molecule has 4 rings (SSSR count). The van der Waals surface area contributed by atoms with Crippen LogP contribution in [-0.4, -0.2) is 54.0 Å². The second-order valence-electron chi connectivity index (χ2n) is 8.45. The first-order chi connectivity index (χ1) is 15.3. The van der Waals surface area contributed by atoms with E-state index in [4.69, 9.17) is 11.6 Å². The Kier molecular flexibility index (Phi) is 6.55. The van der Waals surface area contributed by atoms with Crippen LogP contribution in [0.2, 0.25) is 0 Å². The fraction of sp³-hybridized carbons (Fsp3) is 0.417. The number of allylic oxidation sites excluding steroid dienone is 1. The number of hydrogen-bond acceptors (Lipinski definition) is 3. The minimum atomic E-state index is -0.241. The SMILES string of the molecule is CC(=O)NCCn1cc(C(=O)N2CCN(c3ccccc3F)CC2)c2c1C=C(Cl)CC2C. The molecule has 1 atom stereocenters. The van der Waals surface area contributed by atoms with Crippen molar-refractivity contribution < 1.29 is 14.0 Å². The second kappa shape index (κ2) is 9.36. The van der Waals surface area contributed by atoms with Crippen LogP contribution in [0.15, 0.2) is 35.5 Å². The number of amides is 2. The maximum Gasteiger partial charge on any atom is 0.255 e. The van der Waals surface area contributed by atoms with Crippen molar-refractivity contribution in [2.45, 2.75) is 32.7 Å². The lowest BCUT2D eigenvalue weighted by molar-refractivity contribution is -0.118. The van der Waals surface area contributed by atoms with Gasteiger partial charge in [0, 0.05) is 63.1 Å². The van der Waals surface area contributed by atoms with Crippen molar-refractivity contribution in [3.8, 4) is 0 Å². The standard InChI is InChI=1S/C24H28ClFN4O2/c1-16-13-18(25)14-22-23(16)19(15-30(22)8-7-27-17(2)31)24(32)29-11-9-28(10-12-29)21-6-4-3-5-20(21)26/h3-6,14-16H,7-13H2,1-2H3,(H,27,31). The van der Waals surface area contributed by atoms with Gasteiger partial charge in [-0.2, -0.15) is 0 Å². The molecule has 6 nitrogen and oxygen atoms in total. The summed E-state index contributed by atoms with van der Waals surface area (Å²) in [5, 5.41) is 3.57. The number of rotatable bonds is 5. The molecular weight excluding hydrogens is 431 g/mol. The van der Waals surface area contributed by atoms with Gasteiger partial charge in [0.25, 0.3) is 5.91 Å². The Morgan fingerprint density at radius 2 is 1.91 bits per heavy atom. The Morgan fingerprint density at radius 3 is 2.59 bits per heavy atom. The van der Waals surface area contributed by atoms with Crippen molar-refractivity contribution in [1.29, 1.82) is 0 Å². The van der Waals surface area contributed by atoms with Crippen LogP contribution in [0, 0.1) is 5.82 Å². The average molecular weight is 459 g/mol. The molecule has 32 heavy (non-hydrogen) atoms. The number of anilines is 1. The molecule has 2 aromatic rings. The van der Waals surface area contributed by atoms with Crippen molar-refractivity contribution in [3.63, 3.8) is 0 Å². The van der Waals surface area contributed by atoms with Crippen LogP contribution >= 0.6 is 11.6 Å². The summed E-state index contributed by atoms with van der Waals surface area (Å²) < 4.78 is 16.2. The van der Waals surface area contributed by atoms with Crippen LogP contribution < -0.4 is 10.2 Å². The average Bonchev–Trinajstić information content (AvgIpc) is 3.12. The number of piperazine rings is 1. The van der Waals surface area contributed by atoms with Crippen LogP contribution in [-0.2, 0) is 11.3 Å². The molecule has 2 heterocycles. The normalized spacial score (nSPS) is 18.2. The molecule has 2 aliphatic rings. The highest BCUT2D eigenvalue weighted by Crippen LogP contribution is 2.38. The van der Waals surface area contributed by atoms with Crippen molar-refractivity contribution >= 4 is 35.2 Å². The largest absolute Gasteiger partial charge is 0.366 e. The molecule has 1 aromatic heterocycles. The van der Waals surface area contributed by atoms with Gasteiger partial charge >= 0.3 is 0 Å². The van der Waals surface area contributed by atoms with Crippen molar-refractivity contribution in [3.05, 3.63) is 58.1 Å². The van der Waals surface area contributed by atoms with E-state index in [0.717, 1.165) is 16.3 Å². The van der Waals surface area contributed by atoms with Crippen LogP contribution in [0.4, 0.5) is 10.1 Å². The van der Waals surface area contributed by atoms with Gasteiger partial charge in [-0.3, -0.25) is 9.59 Å². The van der Waals surface area contributed by atoms with E-state index in [1.807, 2.05) is 32.7 Å². The first kappa shape index (κ1) is 22.4. The van der Waals surface area contributed by atoms with Gasteiger partial charge in [-0.1, -0.05) is 30.7 Å². The lowest BCUT2D eigenvalue weighted by atomic mass is 9.89. The molecule has 0 bridgehead atoms. The van der Waals surface area contributed by atoms with Crippen molar-refractivity contribution in [2.75, 3.05) is 37.6 Å². The molecule has 170 valence electrons. The molecular formula is C24H28ClFN4O2. The van der Waals surface area contributed by atoms with Crippen LogP contribution in [0.25, 0.3) is 6.08 Å². The maximum absolute atomic E-state index is 14.1. The predicted molar refractivity (Wildman–Crippen MR) is 124 cm³/mol. The number of carbonyl (C=O) groups is 2. The summed E-state index contributed by atoms with van der Waals surface area (Å²) in [5.74, 6) is -0.207. The van der Waals surface area contributed by atoms with Gasteiger partial charge in [0.1, 0.15) is 5.82 Å². The Balaban J connectivity index is 1.54. The van der Waals surface area contributed by atoms with E-state index < -0.39 is 0 Å². The van der Waals surface area contributed by atoms with Gasteiger partial charge in [0.15, 0.2) is 0 Å². The third-order valence-corrected chi connectivity index (χ3v) is 6.43. The number of fused-ring (bicyclic) bond motifs is 1. The summed E-state index contributed by atoms with van der Waals surface area (Å²) in [4.78, 5) is 28.6. The van der Waals surface area contributed by atoms with Crippen LogP contribution in [0.5, 0.6) is 0 Å². The van der Waals surface area contributed by atoms with Crippen molar-refractivity contribution in [2.24, 2.45) is 0 Å². The Bertz CT molecular complexity index is 1060. The smallest absolute Gasteiger partial charge is 0.255 e. The molecule has 0 saturated carbocycles. The quantitative estimate of drug-likeness (QED) is 0.741. The number of aromatic nitrogens is 1. The van der Waals surface area contributed by atoms with Gasteiger partial charge in [-0.05, 0) is 36.1 Å². The highest BCUT2D eigenvalue weighted by molar-refractivity contribution is 6.31. The first-order valence-electron chi connectivity index (χ1n) is 11.0. The number of nitrogens with zero attached hydrogens (tertiary/aromatic N) is 3. The Morgan fingerprint density at radius 1 is 1.19 bits per heavy atom. The third-order valence-electron chi connectivity index (χ3n) is 6.16. The van der Waals surface area contributed by atoms with Gasteiger partial charge in [0.05, 0.1) is 11.3 Å². The second-order valence-corrected chi connectivity index (χ2v) is 8.93. The maximum atomic E-state index is 14.1. The number of hydrogen-bond donors (Lipinski definition) is 1. The van der Waals surface area contributed by atoms with Gasteiger partial charge < -0.3 is 19.7 Å². The molecule has 0 spiro atoms. The van der Waals surface area contributed by atoms with Crippen LogP contribution in [0.1, 0.15) is 47.8 Å². The number of nitrogens with one attached hydrogen (secondary N) is 1. The van der Waals surface area contributed by atoms with E-state index in [9.17, 15) is 14.0 Å². The number of carbonyl (C=O) groups excluding carboxylic acids is 2. The molecule has 1 unspecified atom stereocenters. The zero-order chi connectivity index (χ0) is 22.8. The molecule has 2 amide bonds. The highest BCUT2D eigenvalue weighted by atomic mass is 35.5. The van der Waals surface area contributed by atoms with Gasteiger partial charge in [0.2, 0.25) is 5.91 Å². The fourth-order valence-corrected chi connectivity index (χ4v) is 4.94. The summed E-state index contributed by atoms with van der Waals surface area (Å²) in [6.45, 7) is 6.83. The molecule has 1 saturated heterocycles. The van der Waals surface area contributed by atoms with E-state index in [1.54, 1.807) is 12.1 Å². The molecule has 1 fully saturated rings. The third kappa shape index (κ3) is 4.53. The minimum Gasteiger partial charge on any atom is -0.366 e. The number of halogens is 2. The van der Waals surface area contributed by atoms with E-state index in [0.29, 0.717) is 56.9 Å². The lowest BCUT2D eigenvalue weighted by Crippen LogP contribution is -2.49. The summed E-state index contributed by atoms with van der Waals surface area (Å²) in [6, 6.07) is 6.74. The number of benzene rings is 1. The monoisotopic (exact) mass is 458 g/mol. The van der Waals surface area contributed by atoms with E-state index in [1.165, 1.54) is 13.0 Å². The van der Waals surface area contributed by atoms with E-state index in [-0.39, 0.29) is 23.5 Å². The topological polar surface area (TPSA) is 57.6 Å². The van der Waals surface area contributed by atoms with E-state index in [2.05, 4.69) is 12.2 Å². The van der Waals surface area contributed by atoms with Crippen molar-refractivity contribution in [1.82, 2.24) is 14.8 Å². The van der Waals surface area contributed by atoms with E-state index >= 15 is 0 Å².